The Kier molecular flexibility index (Phi) is 6.46. The van der Waals surface area contributed by atoms with E-state index in [1.165, 1.54) is 0 Å². The minimum atomic E-state index is 0.0983. The molecule has 0 fully saturated rings. The van der Waals surface area contributed by atoms with Crippen LogP contribution in [0.5, 0.6) is 0 Å². The minimum absolute atomic E-state index is 0.0983. The van der Waals surface area contributed by atoms with Gasteiger partial charge in [0.15, 0.2) is 0 Å². The second-order valence-electron chi connectivity index (χ2n) is 2.38. The Labute approximate surface area is 86.3 Å². The molecule has 1 aromatic carbocycles. The van der Waals surface area contributed by atoms with Crippen LogP contribution in [0.2, 0.25) is 0 Å². The lowest BCUT2D eigenvalue weighted by molar-refractivity contribution is -0.115. The van der Waals surface area contributed by atoms with Crippen LogP contribution >= 0.6 is 0 Å². The van der Waals surface area contributed by atoms with Gasteiger partial charge in [-0.05, 0) is 11.6 Å². The van der Waals surface area contributed by atoms with E-state index in [9.17, 15) is 4.79 Å². The molecule has 0 saturated carbocycles. The van der Waals surface area contributed by atoms with E-state index < -0.39 is 0 Å². The number of hydrogen-bond acceptors (Lipinski definition) is 1. The number of rotatable bonds is 0. The van der Waals surface area contributed by atoms with Gasteiger partial charge in [-0.1, -0.05) is 45.9 Å². The molecule has 0 unspecified atom stereocenters. The second-order valence-corrected chi connectivity index (χ2v) is 2.38. The van der Waals surface area contributed by atoms with Gasteiger partial charge in [0.1, 0.15) is 0 Å². The van der Waals surface area contributed by atoms with Crippen LogP contribution in [0.3, 0.4) is 0 Å². The van der Waals surface area contributed by atoms with E-state index in [-0.39, 0.29) is 5.91 Å². The van der Waals surface area contributed by atoms with E-state index in [1.54, 1.807) is 0 Å². The van der Waals surface area contributed by atoms with Crippen LogP contribution in [0.15, 0.2) is 24.3 Å². The van der Waals surface area contributed by atoms with Crippen molar-refractivity contribution in [2.24, 2.45) is 0 Å². The van der Waals surface area contributed by atoms with E-state index in [2.05, 4.69) is 5.32 Å². The fourth-order valence-electron chi connectivity index (χ4n) is 1.16. The number of para-hydroxylation sites is 1. The van der Waals surface area contributed by atoms with Crippen molar-refractivity contribution in [1.29, 1.82) is 0 Å². The molecule has 1 amide bonds. The summed E-state index contributed by atoms with van der Waals surface area (Å²) in [6.45, 7) is 8.00. The first kappa shape index (κ1) is 12.7. The third kappa shape index (κ3) is 3.21. The maximum atomic E-state index is 10.8. The molecule has 78 valence electrons. The van der Waals surface area contributed by atoms with Crippen molar-refractivity contribution in [3.63, 3.8) is 0 Å². The number of nitrogens with one attached hydrogen (secondary N) is 1. The van der Waals surface area contributed by atoms with Crippen molar-refractivity contribution in [2.45, 2.75) is 34.1 Å². The summed E-state index contributed by atoms with van der Waals surface area (Å²) in [5.74, 6) is 0.0983. The molecule has 1 aliphatic rings. The predicted molar refractivity (Wildman–Crippen MR) is 61.5 cm³/mol. The largest absolute Gasteiger partial charge is 0.326 e. The average Bonchev–Trinajstić information content (AvgIpc) is 2.64. The van der Waals surface area contributed by atoms with Gasteiger partial charge in [-0.25, -0.2) is 0 Å². The first-order chi connectivity index (χ1) is 6.86. The molecule has 0 atom stereocenters. The predicted octanol–water partition coefficient (Wildman–Crippen LogP) is 3.23. The first-order valence-electron chi connectivity index (χ1n) is 5.24. The normalized spacial score (nSPS) is 11.3. The number of amides is 1. The second kappa shape index (κ2) is 7.13. The van der Waals surface area contributed by atoms with Gasteiger partial charge in [0.05, 0.1) is 6.42 Å². The van der Waals surface area contributed by atoms with Gasteiger partial charge in [-0.3, -0.25) is 4.79 Å². The van der Waals surface area contributed by atoms with Crippen LogP contribution < -0.4 is 5.32 Å². The van der Waals surface area contributed by atoms with E-state index in [0.29, 0.717) is 6.42 Å². The zero-order valence-corrected chi connectivity index (χ0v) is 9.42. The topological polar surface area (TPSA) is 29.1 Å². The Bertz CT molecular complexity index is 254. The number of carbonyl (C=O) groups excluding carboxylic acids is 1. The Morgan fingerprint density at radius 1 is 1.07 bits per heavy atom. The van der Waals surface area contributed by atoms with Gasteiger partial charge in [-0.15, -0.1) is 0 Å². The molecule has 1 aromatic rings. The van der Waals surface area contributed by atoms with Crippen molar-refractivity contribution >= 4 is 11.6 Å². The molecule has 2 rings (SSSR count). The van der Waals surface area contributed by atoms with Crippen molar-refractivity contribution in [1.82, 2.24) is 0 Å². The van der Waals surface area contributed by atoms with Crippen LogP contribution in [0.1, 0.15) is 33.3 Å². The van der Waals surface area contributed by atoms with Crippen LogP contribution in [-0.2, 0) is 11.2 Å². The van der Waals surface area contributed by atoms with Gasteiger partial charge < -0.3 is 5.32 Å². The number of anilines is 1. The summed E-state index contributed by atoms with van der Waals surface area (Å²) in [6.07, 6.45) is 0.538. The minimum Gasteiger partial charge on any atom is -0.326 e. The lowest BCUT2D eigenvalue weighted by atomic mass is 10.2. The molecule has 0 spiro atoms. The summed E-state index contributed by atoms with van der Waals surface area (Å²) >= 11 is 0. The zero-order chi connectivity index (χ0) is 11.0. The zero-order valence-electron chi connectivity index (χ0n) is 9.42. The molecular weight excluding hydrogens is 174 g/mol. The van der Waals surface area contributed by atoms with E-state index >= 15 is 0 Å². The highest BCUT2D eigenvalue weighted by molar-refractivity contribution is 5.98. The lowest BCUT2D eigenvalue weighted by Crippen LogP contribution is -2.03. The molecule has 1 heterocycles. The Morgan fingerprint density at radius 3 is 2.21 bits per heavy atom. The van der Waals surface area contributed by atoms with E-state index in [1.807, 2.05) is 52.0 Å². The summed E-state index contributed by atoms with van der Waals surface area (Å²) in [5, 5.41) is 2.76. The highest BCUT2D eigenvalue weighted by atomic mass is 16.1. The summed E-state index contributed by atoms with van der Waals surface area (Å²) in [4.78, 5) is 10.8. The van der Waals surface area contributed by atoms with Gasteiger partial charge in [0.25, 0.3) is 0 Å². The highest BCUT2D eigenvalue weighted by Crippen LogP contribution is 2.20. The summed E-state index contributed by atoms with van der Waals surface area (Å²) < 4.78 is 0. The Balaban J connectivity index is 0.000000379. The summed E-state index contributed by atoms with van der Waals surface area (Å²) in [6, 6.07) is 7.75. The SMILES string of the molecule is CC.CC.O=C1Cc2ccccc2N1. The monoisotopic (exact) mass is 193 g/mol. The highest BCUT2D eigenvalue weighted by Gasteiger charge is 2.15. The average molecular weight is 193 g/mol. The number of fused-ring (bicyclic) bond motifs is 1. The third-order valence-electron chi connectivity index (χ3n) is 1.64. The maximum absolute atomic E-state index is 10.8. The fourth-order valence-corrected chi connectivity index (χ4v) is 1.16. The molecule has 2 heteroatoms. The molecule has 2 nitrogen and oxygen atoms in total. The summed E-state index contributed by atoms with van der Waals surface area (Å²) in [5.41, 5.74) is 2.07. The molecule has 0 radical (unpaired) electrons. The van der Waals surface area contributed by atoms with Crippen molar-refractivity contribution in [3.8, 4) is 0 Å². The van der Waals surface area contributed by atoms with Gasteiger partial charge in [0, 0.05) is 5.69 Å². The molecule has 0 aromatic heterocycles. The molecule has 0 aliphatic carbocycles. The third-order valence-corrected chi connectivity index (χ3v) is 1.64. The van der Waals surface area contributed by atoms with Crippen molar-refractivity contribution in [3.05, 3.63) is 29.8 Å². The van der Waals surface area contributed by atoms with Gasteiger partial charge >= 0.3 is 0 Å². The van der Waals surface area contributed by atoms with Crippen LogP contribution in [-0.4, -0.2) is 5.91 Å². The molecule has 0 bridgehead atoms. The van der Waals surface area contributed by atoms with Crippen LogP contribution in [0.4, 0.5) is 5.69 Å². The lowest BCUT2D eigenvalue weighted by Gasteiger charge is -1.93. The van der Waals surface area contributed by atoms with E-state index in [0.717, 1.165) is 11.3 Å². The molecule has 1 N–H and O–H groups in total. The van der Waals surface area contributed by atoms with Gasteiger partial charge in [0.2, 0.25) is 5.91 Å². The first-order valence-corrected chi connectivity index (χ1v) is 5.24. The molecule has 14 heavy (non-hydrogen) atoms. The quantitative estimate of drug-likeness (QED) is 0.673. The maximum Gasteiger partial charge on any atom is 0.228 e. The number of hydrogen-bond donors (Lipinski definition) is 1. The molecule has 0 saturated heterocycles. The Hall–Kier alpha value is -1.31. The van der Waals surface area contributed by atoms with Crippen molar-refractivity contribution in [2.75, 3.05) is 5.32 Å². The molecular formula is C12H19NO. The molecule has 1 aliphatic heterocycles. The Morgan fingerprint density at radius 2 is 1.64 bits per heavy atom. The van der Waals surface area contributed by atoms with E-state index in [4.69, 9.17) is 0 Å². The van der Waals surface area contributed by atoms with Crippen LogP contribution in [0, 0.1) is 0 Å². The van der Waals surface area contributed by atoms with Crippen molar-refractivity contribution < 1.29 is 4.79 Å². The summed E-state index contributed by atoms with van der Waals surface area (Å²) in [7, 11) is 0. The van der Waals surface area contributed by atoms with Crippen LogP contribution in [0.25, 0.3) is 0 Å². The number of carbonyl (C=O) groups is 1. The number of benzene rings is 1. The fraction of sp³-hybridized carbons (Fsp3) is 0.417. The van der Waals surface area contributed by atoms with Gasteiger partial charge in [-0.2, -0.15) is 0 Å². The smallest absolute Gasteiger partial charge is 0.228 e. The standard InChI is InChI=1S/C8H7NO.2C2H6/c10-8-5-6-3-1-2-4-7(6)9-8;2*1-2/h1-4H,5H2,(H,9,10);2*1-2H3.